The maximum atomic E-state index is 12.4. The van der Waals surface area contributed by atoms with Crippen LogP contribution in [0.4, 0.5) is 11.4 Å². The van der Waals surface area contributed by atoms with Gasteiger partial charge in [0.05, 0.1) is 24.7 Å². The number of methoxy groups -OCH3 is 1. The monoisotopic (exact) mass is 503 g/mol. The first-order valence-corrected chi connectivity index (χ1v) is 13.4. The van der Waals surface area contributed by atoms with Crippen LogP contribution in [0.25, 0.3) is 11.5 Å². The second-order valence-electron chi connectivity index (χ2n) is 7.61. The molecular weight excluding hydrogens is 478 g/mol. The summed E-state index contributed by atoms with van der Waals surface area (Å²) in [5.41, 5.74) is 2.34. The van der Waals surface area contributed by atoms with E-state index in [1.54, 1.807) is 13.2 Å². The van der Waals surface area contributed by atoms with Crippen molar-refractivity contribution >= 4 is 39.1 Å². The number of sulfonamides is 1. The Balaban J connectivity index is 1.28. The van der Waals surface area contributed by atoms with Crippen molar-refractivity contribution in [1.29, 1.82) is 0 Å². The van der Waals surface area contributed by atoms with Crippen LogP contribution >= 0.6 is 11.8 Å². The lowest BCUT2D eigenvalue weighted by molar-refractivity contribution is -0.113. The van der Waals surface area contributed by atoms with Gasteiger partial charge in [-0.15, -0.1) is 10.2 Å². The second kappa shape index (κ2) is 10.5. The van der Waals surface area contributed by atoms with Crippen LogP contribution in [0.15, 0.2) is 58.2 Å². The average molecular weight is 504 g/mol. The quantitative estimate of drug-likeness (QED) is 0.463. The normalized spacial score (nSPS) is 14.7. The highest BCUT2D eigenvalue weighted by Gasteiger charge is 2.23. The van der Waals surface area contributed by atoms with E-state index in [4.69, 9.17) is 9.15 Å². The number of thioether (sulfide) groups is 1. The van der Waals surface area contributed by atoms with E-state index in [2.05, 4.69) is 20.4 Å². The van der Waals surface area contributed by atoms with Gasteiger partial charge in [-0.05, 0) is 36.4 Å². The van der Waals surface area contributed by atoms with E-state index in [0.717, 1.165) is 17.4 Å². The van der Waals surface area contributed by atoms with Crippen molar-refractivity contribution in [2.45, 2.75) is 5.22 Å². The Bertz CT molecular complexity index is 1240. The second-order valence-corrected chi connectivity index (χ2v) is 10.5. The molecule has 0 spiro atoms. The van der Waals surface area contributed by atoms with Crippen molar-refractivity contribution in [2.75, 3.05) is 55.5 Å². The number of aromatic nitrogens is 2. The van der Waals surface area contributed by atoms with Gasteiger partial charge in [-0.2, -0.15) is 4.31 Å². The van der Waals surface area contributed by atoms with Gasteiger partial charge in [0.2, 0.25) is 15.9 Å². The summed E-state index contributed by atoms with van der Waals surface area (Å²) in [5, 5.41) is 11.2. The summed E-state index contributed by atoms with van der Waals surface area (Å²) in [6.07, 6.45) is 1.23. The summed E-state index contributed by atoms with van der Waals surface area (Å²) in [4.78, 5) is 14.5. The van der Waals surface area contributed by atoms with E-state index < -0.39 is 10.0 Å². The van der Waals surface area contributed by atoms with Crippen LogP contribution in [0.3, 0.4) is 0 Å². The maximum Gasteiger partial charge on any atom is 0.277 e. The Hall–Kier alpha value is -3.09. The molecule has 0 atom stereocenters. The third-order valence-corrected chi connectivity index (χ3v) is 7.42. The van der Waals surface area contributed by atoms with Gasteiger partial charge in [0.1, 0.15) is 5.75 Å². The zero-order valence-electron chi connectivity index (χ0n) is 18.8. The smallest absolute Gasteiger partial charge is 0.277 e. The lowest BCUT2D eigenvalue weighted by Gasteiger charge is -2.34. The fraction of sp³-hybridized carbons (Fsp3) is 0.318. The SMILES string of the molecule is COc1ccccc1-c1nnc(SCC(=O)Nc2ccc(N3CCN(S(C)(=O)=O)CC3)cc2)o1. The van der Waals surface area contributed by atoms with E-state index in [9.17, 15) is 13.2 Å². The van der Waals surface area contributed by atoms with E-state index >= 15 is 0 Å². The first kappa shape index (κ1) is 24.0. The number of carbonyl (C=O) groups is 1. The van der Waals surface area contributed by atoms with Crippen LogP contribution in [-0.2, 0) is 14.8 Å². The molecule has 3 aromatic rings. The molecule has 1 N–H and O–H groups in total. The zero-order chi connectivity index (χ0) is 24.1. The lowest BCUT2D eigenvalue weighted by atomic mass is 10.2. The highest BCUT2D eigenvalue weighted by Crippen LogP contribution is 2.30. The number of para-hydroxylation sites is 1. The van der Waals surface area contributed by atoms with Gasteiger partial charge in [0.15, 0.2) is 0 Å². The molecule has 10 nitrogen and oxygen atoms in total. The predicted molar refractivity (Wildman–Crippen MR) is 131 cm³/mol. The molecule has 0 aliphatic carbocycles. The minimum absolute atomic E-state index is 0.114. The molecule has 0 saturated carbocycles. The molecule has 0 bridgehead atoms. The van der Waals surface area contributed by atoms with Crippen molar-refractivity contribution < 1.29 is 22.4 Å². The molecule has 4 rings (SSSR count). The molecule has 1 aliphatic heterocycles. The molecule has 2 aromatic carbocycles. The Kier molecular flexibility index (Phi) is 7.39. The maximum absolute atomic E-state index is 12.4. The molecule has 2 heterocycles. The topological polar surface area (TPSA) is 118 Å². The Morgan fingerprint density at radius 2 is 1.79 bits per heavy atom. The summed E-state index contributed by atoms with van der Waals surface area (Å²) in [6, 6.07) is 14.8. The molecule has 34 heavy (non-hydrogen) atoms. The summed E-state index contributed by atoms with van der Waals surface area (Å²) < 4.78 is 35.8. The number of rotatable bonds is 8. The van der Waals surface area contributed by atoms with Gasteiger partial charge in [0.25, 0.3) is 11.1 Å². The molecule has 12 heteroatoms. The number of amides is 1. The number of benzene rings is 2. The van der Waals surface area contributed by atoms with Crippen molar-refractivity contribution in [1.82, 2.24) is 14.5 Å². The molecule has 1 fully saturated rings. The van der Waals surface area contributed by atoms with Gasteiger partial charge in [-0.25, -0.2) is 8.42 Å². The number of nitrogens with zero attached hydrogens (tertiary/aromatic N) is 4. The molecule has 1 aromatic heterocycles. The van der Waals surface area contributed by atoms with E-state index in [1.807, 2.05) is 42.5 Å². The van der Waals surface area contributed by atoms with Gasteiger partial charge >= 0.3 is 0 Å². The van der Waals surface area contributed by atoms with Gasteiger partial charge in [-0.3, -0.25) is 4.79 Å². The van der Waals surface area contributed by atoms with Gasteiger partial charge < -0.3 is 19.4 Å². The standard InChI is InChI=1S/C22H25N5O5S2/c1-31-19-6-4-3-5-18(19)21-24-25-22(32-21)33-15-20(28)23-16-7-9-17(10-8-16)26-11-13-27(14-12-26)34(2,29)30/h3-10H,11-15H2,1-2H3,(H,23,28). The number of nitrogens with one attached hydrogen (secondary N) is 1. The average Bonchev–Trinajstić information content (AvgIpc) is 3.32. The van der Waals surface area contributed by atoms with Crippen LogP contribution in [0.1, 0.15) is 0 Å². The third-order valence-electron chi connectivity index (χ3n) is 5.29. The van der Waals surface area contributed by atoms with Gasteiger partial charge in [-0.1, -0.05) is 23.9 Å². The van der Waals surface area contributed by atoms with Crippen LogP contribution in [0, 0.1) is 0 Å². The van der Waals surface area contributed by atoms with Crippen LogP contribution in [-0.4, -0.2) is 74.1 Å². The minimum Gasteiger partial charge on any atom is -0.496 e. The number of anilines is 2. The fourth-order valence-corrected chi connectivity index (χ4v) is 4.95. The number of piperazine rings is 1. The Labute approximate surface area is 202 Å². The van der Waals surface area contributed by atoms with Crippen molar-refractivity contribution in [3.8, 4) is 17.2 Å². The third kappa shape index (κ3) is 5.88. The van der Waals surface area contributed by atoms with Gasteiger partial charge in [0, 0.05) is 37.6 Å². The zero-order valence-corrected chi connectivity index (χ0v) is 20.4. The number of hydrogen-bond donors (Lipinski definition) is 1. The lowest BCUT2D eigenvalue weighted by Crippen LogP contribution is -2.48. The van der Waals surface area contributed by atoms with E-state index in [-0.39, 0.29) is 11.7 Å². The van der Waals surface area contributed by atoms with E-state index in [1.165, 1.54) is 10.6 Å². The molecule has 0 unspecified atom stereocenters. The molecule has 1 amide bonds. The Morgan fingerprint density at radius 1 is 1.09 bits per heavy atom. The highest BCUT2D eigenvalue weighted by molar-refractivity contribution is 7.99. The van der Waals surface area contributed by atoms with E-state index in [0.29, 0.717) is 54.3 Å². The summed E-state index contributed by atoms with van der Waals surface area (Å²) in [5.74, 6) is 0.869. The number of hydrogen-bond acceptors (Lipinski definition) is 9. The van der Waals surface area contributed by atoms with Crippen molar-refractivity contribution in [2.24, 2.45) is 0 Å². The first-order valence-electron chi connectivity index (χ1n) is 10.5. The minimum atomic E-state index is -3.16. The number of carbonyl (C=O) groups excluding carboxylic acids is 1. The first-order chi connectivity index (χ1) is 16.3. The van der Waals surface area contributed by atoms with Crippen molar-refractivity contribution in [3.05, 3.63) is 48.5 Å². The molecule has 0 radical (unpaired) electrons. The molecule has 1 aliphatic rings. The fourth-order valence-electron chi connectivity index (χ4n) is 3.56. The molecule has 1 saturated heterocycles. The summed E-state index contributed by atoms with van der Waals surface area (Å²) in [6.45, 7) is 2.17. The summed E-state index contributed by atoms with van der Waals surface area (Å²) in [7, 11) is -1.59. The highest BCUT2D eigenvalue weighted by atomic mass is 32.2. The molecular formula is C22H25N5O5S2. The number of ether oxygens (including phenoxy) is 1. The van der Waals surface area contributed by atoms with Crippen LogP contribution in [0.5, 0.6) is 5.75 Å². The predicted octanol–water partition coefficient (Wildman–Crippen LogP) is 2.56. The largest absolute Gasteiger partial charge is 0.496 e. The van der Waals surface area contributed by atoms with Crippen molar-refractivity contribution in [3.63, 3.8) is 0 Å². The molecule has 180 valence electrons. The Morgan fingerprint density at radius 3 is 2.47 bits per heavy atom. The van der Waals surface area contributed by atoms with Crippen LogP contribution < -0.4 is 15.0 Å². The summed E-state index contributed by atoms with van der Waals surface area (Å²) >= 11 is 1.15. The van der Waals surface area contributed by atoms with Crippen LogP contribution in [0.2, 0.25) is 0 Å².